The molecule has 0 aliphatic rings. The SMILES string of the molecule is Cn1cnnc1CNc1nc(C(=O)O)ccc1N. The molecular formula is C10H12N6O2. The number of rotatable bonds is 4. The largest absolute Gasteiger partial charge is 0.477 e. The van der Waals surface area contributed by atoms with Crippen molar-refractivity contribution in [3.05, 3.63) is 30.0 Å². The molecule has 0 bridgehead atoms. The smallest absolute Gasteiger partial charge is 0.354 e. The number of nitrogens with one attached hydrogen (secondary N) is 1. The van der Waals surface area contributed by atoms with Gasteiger partial charge >= 0.3 is 5.97 Å². The average molecular weight is 248 g/mol. The summed E-state index contributed by atoms with van der Waals surface area (Å²) in [5, 5.41) is 19.4. The van der Waals surface area contributed by atoms with Gasteiger partial charge in [0.25, 0.3) is 0 Å². The molecule has 0 atom stereocenters. The molecule has 0 unspecified atom stereocenters. The van der Waals surface area contributed by atoms with E-state index in [-0.39, 0.29) is 5.69 Å². The maximum Gasteiger partial charge on any atom is 0.354 e. The van der Waals surface area contributed by atoms with Gasteiger partial charge in [-0.3, -0.25) is 0 Å². The Morgan fingerprint density at radius 2 is 2.33 bits per heavy atom. The van der Waals surface area contributed by atoms with Gasteiger partial charge in [0.05, 0.1) is 12.2 Å². The topological polar surface area (TPSA) is 119 Å². The van der Waals surface area contributed by atoms with Crippen LogP contribution in [0.4, 0.5) is 11.5 Å². The van der Waals surface area contributed by atoms with Gasteiger partial charge in [-0.1, -0.05) is 0 Å². The Morgan fingerprint density at radius 3 is 2.94 bits per heavy atom. The number of hydrogen-bond acceptors (Lipinski definition) is 6. The van der Waals surface area contributed by atoms with E-state index in [1.807, 2.05) is 7.05 Å². The summed E-state index contributed by atoms with van der Waals surface area (Å²) in [7, 11) is 1.81. The lowest BCUT2D eigenvalue weighted by Gasteiger charge is -2.08. The molecule has 8 nitrogen and oxygen atoms in total. The van der Waals surface area contributed by atoms with Crippen molar-refractivity contribution in [2.75, 3.05) is 11.1 Å². The average Bonchev–Trinajstić information content (AvgIpc) is 2.73. The Bertz CT molecular complexity index is 579. The molecule has 0 aromatic carbocycles. The number of carbonyl (C=O) groups is 1. The Balaban J connectivity index is 2.16. The molecule has 18 heavy (non-hydrogen) atoms. The first-order valence-corrected chi connectivity index (χ1v) is 5.14. The monoisotopic (exact) mass is 248 g/mol. The van der Waals surface area contributed by atoms with Crippen LogP contribution >= 0.6 is 0 Å². The molecule has 0 saturated carbocycles. The minimum absolute atomic E-state index is 0.0651. The Kier molecular flexibility index (Phi) is 3.09. The molecule has 0 spiro atoms. The van der Waals surface area contributed by atoms with E-state index in [2.05, 4.69) is 20.5 Å². The first-order chi connectivity index (χ1) is 8.58. The van der Waals surface area contributed by atoms with Crippen molar-refractivity contribution in [3.63, 3.8) is 0 Å². The number of carboxylic acid groups (broad SMARTS) is 1. The predicted octanol–water partition coefficient (Wildman–Crippen LogP) is 0.103. The fraction of sp³-hybridized carbons (Fsp3) is 0.200. The number of aryl methyl sites for hydroxylation is 1. The zero-order valence-corrected chi connectivity index (χ0v) is 9.66. The lowest BCUT2D eigenvalue weighted by Crippen LogP contribution is -2.11. The maximum absolute atomic E-state index is 10.8. The molecule has 2 heterocycles. The van der Waals surface area contributed by atoms with E-state index in [1.165, 1.54) is 12.1 Å². The van der Waals surface area contributed by atoms with Crippen LogP contribution in [0.15, 0.2) is 18.5 Å². The van der Waals surface area contributed by atoms with E-state index in [0.29, 0.717) is 23.9 Å². The summed E-state index contributed by atoms with van der Waals surface area (Å²) < 4.78 is 1.74. The fourth-order valence-electron chi connectivity index (χ4n) is 1.36. The molecule has 2 rings (SSSR count). The number of nitrogens with two attached hydrogens (primary N) is 1. The summed E-state index contributed by atoms with van der Waals surface area (Å²) in [5.41, 5.74) is 6.02. The van der Waals surface area contributed by atoms with Crippen LogP contribution in [0.3, 0.4) is 0 Å². The highest BCUT2D eigenvalue weighted by Gasteiger charge is 2.09. The van der Waals surface area contributed by atoms with Gasteiger partial charge in [0.1, 0.15) is 6.33 Å². The first-order valence-electron chi connectivity index (χ1n) is 5.14. The zero-order chi connectivity index (χ0) is 13.1. The molecule has 0 aliphatic heterocycles. The number of pyridine rings is 1. The zero-order valence-electron chi connectivity index (χ0n) is 9.66. The second-order valence-electron chi connectivity index (χ2n) is 3.65. The van der Waals surface area contributed by atoms with Gasteiger partial charge in [-0.2, -0.15) is 0 Å². The minimum Gasteiger partial charge on any atom is -0.477 e. The number of carboxylic acids is 1. The predicted molar refractivity (Wildman–Crippen MR) is 63.9 cm³/mol. The number of nitrogen functional groups attached to an aromatic ring is 1. The van der Waals surface area contributed by atoms with E-state index in [1.54, 1.807) is 10.9 Å². The minimum atomic E-state index is -1.10. The molecule has 94 valence electrons. The summed E-state index contributed by atoms with van der Waals surface area (Å²) in [5.74, 6) is -0.0912. The third kappa shape index (κ3) is 2.37. The van der Waals surface area contributed by atoms with Gasteiger partial charge in [0.2, 0.25) is 0 Å². The molecule has 0 amide bonds. The van der Waals surface area contributed by atoms with Crippen molar-refractivity contribution in [3.8, 4) is 0 Å². The van der Waals surface area contributed by atoms with Crippen molar-refractivity contribution < 1.29 is 9.90 Å². The van der Waals surface area contributed by atoms with Crippen LogP contribution in [-0.4, -0.2) is 30.8 Å². The van der Waals surface area contributed by atoms with Crippen LogP contribution in [0.1, 0.15) is 16.3 Å². The highest BCUT2D eigenvalue weighted by molar-refractivity contribution is 5.86. The van der Waals surface area contributed by atoms with Gasteiger partial charge in [-0.05, 0) is 12.1 Å². The molecule has 2 aromatic heterocycles. The van der Waals surface area contributed by atoms with Gasteiger partial charge in [-0.25, -0.2) is 9.78 Å². The van der Waals surface area contributed by atoms with Crippen LogP contribution in [0.5, 0.6) is 0 Å². The Hall–Kier alpha value is -2.64. The maximum atomic E-state index is 10.8. The van der Waals surface area contributed by atoms with E-state index < -0.39 is 5.97 Å². The van der Waals surface area contributed by atoms with Crippen LogP contribution in [0, 0.1) is 0 Å². The van der Waals surface area contributed by atoms with E-state index in [4.69, 9.17) is 10.8 Å². The molecule has 2 aromatic rings. The molecule has 0 aliphatic carbocycles. The van der Waals surface area contributed by atoms with Crippen LogP contribution in [0.25, 0.3) is 0 Å². The third-order valence-corrected chi connectivity index (χ3v) is 2.36. The second kappa shape index (κ2) is 4.70. The number of aromatic nitrogens is 4. The second-order valence-corrected chi connectivity index (χ2v) is 3.65. The summed E-state index contributed by atoms with van der Waals surface area (Å²) in [6.45, 7) is 0.358. The number of anilines is 2. The number of aromatic carboxylic acids is 1. The molecular weight excluding hydrogens is 236 g/mol. The van der Waals surface area contributed by atoms with Gasteiger partial charge < -0.3 is 20.7 Å². The molecule has 4 N–H and O–H groups in total. The van der Waals surface area contributed by atoms with Crippen molar-refractivity contribution in [2.24, 2.45) is 7.05 Å². The molecule has 8 heteroatoms. The van der Waals surface area contributed by atoms with Crippen molar-refractivity contribution in [2.45, 2.75) is 6.54 Å². The quantitative estimate of drug-likeness (QED) is 0.702. The van der Waals surface area contributed by atoms with Crippen molar-refractivity contribution >= 4 is 17.5 Å². The first kappa shape index (κ1) is 11.8. The Morgan fingerprint density at radius 1 is 1.56 bits per heavy atom. The normalized spacial score (nSPS) is 10.3. The van der Waals surface area contributed by atoms with Crippen molar-refractivity contribution in [1.82, 2.24) is 19.7 Å². The van der Waals surface area contributed by atoms with Crippen LogP contribution in [-0.2, 0) is 13.6 Å². The highest BCUT2D eigenvalue weighted by atomic mass is 16.4. The number of nitrogens with zero attached hydrogens (tertiary/aromatic N) is 4. The van der Waals surface area contributed by atoms with E-state index in [9.17, 15) is 4.79 Å². The van der Waals surface area contributed by atoms with Crippen LogP contribution < -0.4 is 11.1 Å². The standard InChI is InChI=1S/C10H12N6O2/c1-16-5-13-15-8(16)4-12-9-6(11)2-3-7(14-9)10(17)18/h2-3,5H,4,11H2,1H3,(H,12,14)(H,17,18). The van der Waals surface area contributed by atoms with Gasteiger partial charge in [0, 0.05) is 7.05 Å². The van der Waals surface area contributed by atoms with E-state index in [0.717, 1.165) is 0 Å². The molecule has 0 radical (unpaired) electrons. The summed E-state index contributed by atoms with van der Waals surface area (Å²) in [6.07, 6.45) is 1.57. The summed E-state index contributed by atoms with van der Waals surface area (Å²) in [6, 6.07) is 2.85. The lowest BCUT2D eigenvalue weighted by atomic mass is 10.3. The number of hydrogen-bond donors (Lipinski definition) is 3. The van der Waals surface area contributed by atoms with Gasteiger partial charge in [0.15, 0.2) is 17.3 Å². The van der Waals surface area contributed by atoms with Gasteiger partial charge in [-0.15, -0.1) is 10.2 Å². The summed E-state index contributed by atoms with van der Waals surface area (Å²) >= 11 is 0. The Labute approximate surface area is 102 Å². The lowest BCUT2D eigenvalue weighted by molar-refractivity contribution is 0.0690. The third-order valence-electron chi connectivity index (χ3n) is 2.36. The molecule has 0 fully saturated rings. The van der Waals surface area contributed by atoms with E-state index >= 15 is 0 Å². The molecule has 0 saturated heterocycles. The fourth-order valence-corrected chi connectivity index (χ4v) is 1.36. The highest BCUT2D eigenvalue weighted by Crippen LogP contribution is 2.16. The van der Waals surface area contributed by atoms with Crippen LogP contribution in [0.2, 0.25) is 0 Å². The summed E-state index contributed by atoms with van der Waals surface area (Å²) in [4.78, 5) is 14.7. The van der Waals surface area contributed by atoms with Crippen molar-refractivity contribution in [1.29, 1.82) is 0 Å².